The first kappa shape index (κ1) is 6.24. The van der Waals surface area contributed by atoms with Gasteiger partial charge in [-0.05, 0) is 30.6 Å². The van der Waals surface area contributed by atoms with E-state index in [4.69, 9.17) is 12.2 Å². The summed E-state index contributed by atoms with van der Waals surface area (Å²) in [7, 11) is 0. The van der Waals surface area contributed by atoms with Gasteiger partial charge in [-0.2, -0.15) is 0 Å². The maximum atomic E-state index is 5.86. The Hall–Kier alpha value is -0.480. The molecule has 0 radical (unpaired) electrons. The molecule has 0 aliphatic heterocycles. The summed E-state index contributed by atoms with van der Waals surface area (Å²) in [5.41, 5.74) is 6.58. The van der Waals surface area contributed by atoms with Crippen molar-refractivity contribution < 1.29 is 0 Å². The summed E-state index contributed by atoms with van der Waals surface area (Å²) >= 11 is 0. The van der Waals surface area contributed by atoms with Crippen LogP contribution in [0.4, 0.5) is 0 Å². The van der Waals surface area contributed by atoms with E-state index in [9.17, 15) is 0 Å². The molecule has 2 fully saturated rings. The molecular weight excluding hydrogens is 122 g/mol. The number of terminal acetylenes is 1. The summed E-state index contributed by atoms with van der Waals surface area (Å²) in [6, 6.07) is 0.299. The lowest BCUT2D eigenvalue weighted by atomic mass is 10.1. The maximum absolute atomic E-state index is 5.86. The molecule has 2 atom stereocenters. The third kappa shape index (κ3) is 0.759. The molecular formula is C9H13N. The zero-order chi connectivity index (χ0) is 7.19. The van der Waals surface area contributed by atoms with Crippen LogP contribution in [0, 0.1) is 23.7 Å². The third-order valence-electron chi connectivity index (χ3n) is 3.02. The van der Waals surface area contributed by atoms with Crippen LogP contribution in [-0.4, -0.2) is 6.04 Å². The van der Waals surface area contributed by atoms with Gasteiger partial charge < -0.3 is 5.73 Å². The van der Waals surface area contributed by atoms with Crippen molar-refractivity contribution in [3.05, 3.63) is 0 Å². The largest absolute Gasteiger partial charge is 0.327 e. The van der Waals surface area contributed by atoms with Crippen molar-refractivity contribution >= 4 is 0 Å². The van der Waals surface area contributed by atoms with E-state index in [0.717, 1.165) is 17.8 Å². The number of rotatable bonds is 2. The summed E-state index contributed by atoms with van der Waals surface area (Å²) in [5, 5.41) is 0. The summed E-state index contributed by atoms with van der Waals surface area (Å²) in [4.78, 5) is 0. The predicted molar refractivity (Wildman–Crippen MR) is 41.2 cm³/mol. The molecule has 1 nitrogen and oxygen atoms in total. The minimum atomic E-state index is 0.299. The first-order valence-electron chi connectivity index (χ1n) is 3.97. The van der Waals surface area contributed by atoms with E-state index in [1.54, 1.807) is 0 Å². The van der Waals surface area contributed by atoms with Gasteiger partial charge in [0.05, 0.1) is 0 Å². The Bertz CT molecular complexity index is 185. The van der Waals surface area contributed by atoms with Gasteiger partial charge in [-0.25, -0.2) is 0 Å². The van der Waals surface area contributed by atoms with E-state index in [-0.39, 0.29) is 0 Å². The zero-order valence-electron chi connectivity index (χ0n) is 6.14. The standard InChI is InChI=1S/C9H13N/c1-2-3-8(10)7-6-9(7)4-5-9/h1,7-8H,3-6,10H2. The first-order valence-corrected chi connectivity index (χ1v) is 3.97. The second kappa shape index (κ2) is 1.77. The molecule has 2 rings (SSSR count). The maximum Gasteiger partial charge on any atom is 0.0241 e. The second-order valence-corrected chi connectivity index (χ2v) is 3.75. The molecule has 0 saturated heterocycles. The molecule has 0 heterocycles. The third-order valence-corrected chi connectivity index (χ3v) is 3.02. The topological polar surface area (TPSA) is 26.0 Å². The lowest BCUT2D eigenvalue weighted by molar-refractivity contribution is 0.556. The Labute approximate surface area is 62.0 Å². The Morgan fingerprint density at radius 1 is 1.70 bits per heavy atom. The molecule has 0 aromatic rings. The molecule has 0 aromatic carbocycles. The molecule has 2 aliphatic carbocycles. The summed E-state index contributed by atoms with van der Waals surface area (Å²) in [6.45, 7) is 0. The second-order valence-electron chi connectivity index (χ2n) is 3.75. The van der Waals surface area contributed by atoms with Crippen LogP contribution in [-0.2, 0) is 0 Å². The fourth-order valence-corrected chi connectivity index (χ4v) is 2.00. The van der Waals surface area contributed by atoms with Crippen molar-refractivity contribution in [1.29, 1.82) is 0 Å². The van der Waals surface area contributed by atoms with E-state index in [2.05, 4.69) is 5.92 Å². The van der Waals surface area contributed by atoms with Gasteiger partial charge in [0, 0.05) is 12.5 Å². The van der Waals surface area contributed by atoms with Crippen LogP contribution in [0.25, 0.3) is 0 Å². The van der Waals surface area contributed by atoms with Gasteiger partial charge in [0.25, 0.3) is 0 Å². The van der Waals surface area contributed by atoms with Gasteiger partial charge in [0.1, 0.15) is 0 Å². The molecule has 54 valence electrons. The molecule has 2 aliphatic rings. The van der Waals surface area contributed by atoms with Crippen molar-refractivity contribution in [2.75, 3.05) is 0 Å². The van der Waals surface area contributed by atoms with E-state index >= 15 is 0 Å². The van der Waals surface area contributed by atoms with Crippen LogP contribution in [0.2, 0.25) is 0 Å². The molecule has 0 amide bonds. The quantitative estimate of drug-likeness (QED) is 0.564. The Morgan fingerprint density at radius 2 is 2.40 bits per heavy atom. The summed E-state index contributed by atoms with van der Waals surface area (Å²) in [6.07, 6.45) is 10.1. The highest BCUT2D eigenvalue weighted by atomic mass is 14.8. The number of hydrogen-bond donors (Lipinski definition) is 1. The van der Waals surface area contributed by atoms with Crippen LogP contribution in [0.5, 0.6) is 0 Å². The van der Waals surface area contributed by atoms with Crippen molar-refractivity contribution in [2.45, 2.75) is 31.7 Å². The van der Waals surface area contributed by atoms with Crippen molar-refractivity contribution in [1.82, 2.24) is 0 Å². The highest BCUT2D eigenvalue weighted by Crippen LogP contribution is 2.71. The van der Waals surface area contributed by atoms with Gasteiger partial charge in [-0.3, -0.25) is 0 Å². The smallest absolute Gasteiger partial charge is 0.0241 e. The van der Waals surface area contributed by atoms with E-state index in [0.29, 0.717) is 6.04 Å². The zero-order valence-corrected chi connectivity index (χ0v) is 6.14. The fourth-order valence-electron chi connectivity index (χ4n) is 2.00. The average Bonchev–Trinajstić information content (AvgIpc) is 2.76. The molecule has 1 heteroatoms. The summed E-state index contributed by atoms with van der Waals surface area (Å²) in [5.74, 6) is 3.41. The minimum absolute atomic E-state index is 0.299. The van der Waals surface area contributed by atoms with Gasteiger partial charge in [0.2, 0.25) is 0 Å². The van der Waals surface area contributed by atoms with Gasteiger partial charge in [-0.1, -0.05) is 0 Å². The molecule has 2 N–H and O–H groups in total. The highest BCUT2D eigenvalue weighted by Gasteiger charge is 2.63. The van der Waals surface area contributed by atoms with Crippen molar-refractivity contribution in [3.8, 4) is 12.3 Å². The Morgan fingerprint density at radius 3 is 2.80 bits per heavy atom. The van der Waals surface area contributed by atoms with E-state index < -0.39 is 0 Å². The summed E-state index contributed by atoms with van der Waals surface area (Å²) < 4.78 is 0. The molecule has 0 bridgehead atoms. The first-order chi connectivity index (χ1) is 4.78. The van der Waals surface area contributed by atoms with Crippen LogP contribution >= 0.6 is 0 Å². The van der Waals surface area contributed by atoms with Crippen LogP contribution in [0.3, 0.4) is 0 Å². The Kier molecular flexibility index (Phi) is 1.10. The van der Waals surface area contributed by atoms with Gasteiger partial charge in [-0.15, -0.1) is 12.3 Å². The lowest BCUT2D eigenvalue weighted by Gasteiger charge is -2.04. The normalized spacial score (nSPS) is 35.0. The number of hydrogen-bond acceptors (Lipinski definition) is 1. The average molecular weight is 135 g/mol. The molecule has 2 unspecified atom stereocenters. The van der Waals surface area contributed by atoms with Crippen LogP contribution < -0.4 is 5.73 Å². The van der Waals surface area contributed by atoms with E-state index in [1.807, 2.05) is 0 Å². The van der Waals surface area contributed by atoms with Gasteiger partial charge in [0.15, 0.2) is 0 Å². The Balaban J connectivity index is 1.86. The highest BCUT2D eigenvalue weighted by molar-refractivity contribution is 5.16. The molecule has 2 saturated carbocycles. The minimum Gasteiger partial charge on any atom is -0.327 e. The fraction of sp³-hybridized carbons (Fsp3) is 0.778. The molecule has 0 aromatic heterocycles. The van der Waals surface area contributed by atoms with E-state index in [1.165, 1.54) is 19.3 Å². The predicted octanol–water partition coefficient (Wildman–Crippen LogP) is 1.14. The lowest BCUT2D eigenvalue weighted by Crippen LogP contribution is -2.22. The monoisotopic (exact) mass is 135 g/mol. The van der Waals surface area contributed by atoms with Crippen molar-refractivity contribution in [2.24, 2.45) is 17.1 Å². The molecule has 10 heavy (non-hydrogen) atoms. The van der Waals surface area contributed by atoms with Gasteiger partial charge >= 0.3 is 0 Å². The molecule has 1 spiro atoms. The van der Waals surface area contributed by atoms with Crippen LogP contribution in [0.15, 0.2) is 0 Å². The van der Waals surface area contributed by atoms with Crippen LogP contribution in [0.1, 0.15) is 25.7 Å². The number of nitrogens with two attached hydrogens (primary N) is 1. The van der Waals surface area contributed by atoms with Crippen molar-refractivity contribution in [3.63, 3.8) is 0 Å². The SMILES string of the molecule is C#CCC(N)C1CC12CC2.